The molecule has 0 aromatic carbocycles. The predicted octanol–water partition coefficient (Wildman–Crippen LogP) is -0.0620. The molecule has 0 aromatic rings. The van der Waals surface area contributed by atoms with E-state index in [1.165, 1.54) is 6.92 Å². The topological polar surface area (TPSA) is 75.4 Å². The Balaban J connectivity index is 3.95. The summed E-state index contributed by atoms with van der Waals surface area (Å²) in [5.41, 5.74) is 4.95. The Bertz CT molecular complexity index is 256. The van der Waals surface area contributed by atoms with Crippen LogP contribution in [-0.4, -0.2) is 25.4 Å². The van der Waals surface area contributed by atoms with Crippen LogP contribution in [0.3, 0.4) is 0 Å². The Labute approximate surface area is 84.5 Å². The first-order valence-corrected chi connectivity index (χ1v) is 4.05. The SMILES string of the molecule is C/C(N)=C(\CCOCC(F)(F)F)C(=O)[O-]. The van der Waals surface area contributed by atoms with Gasteiger partial charge in [0.1, 0.15) is 6.61 Å². The van der Waals surface area contributed by atoms with Crippen LogP contribution in [0.2, 0.25) is 0 Å². The summed E-state index contributed by atoms with van der Waals surface area (Å²) in [5.74, 6) is -1.49. The molecule has 0 radical (unpaired) electrons. The second-order valence-corrected chi connectivity index (χ2v) is 2.87. The molecule has 0 rings (SSSR count). The number of carboxylic acid groups (broad SMARTS) is 1. The van der Waals surface area contributed by atoms with Crippen LogP contribution in [0.15, 0.2) is 11.3 Å². The van der Waals surface area contributed by atoms with E-state index >= 15 is 0 Å². The number of hydrogen-bond acceptors (Lipinski definition) is 4. The molecule has 0 saturated heterocycles. The molecule has 0 saturated carbocycles. The van der Waals surface area contributed by atoms with E-state index in [1.807, 2.05) is 0 Å². The van der Waals surface area contributed by atoms with Gasteiger partial charge in [-0.15, -0.1) is 0 Å². The van der Waals surface area contributed by atoms with Gasteiger partial charge < -0.3 is 20.4 Å². The molecule has 0 bridgehead atoms. The van der Waals surface area contributed by atoms with Crippen LogP contribution in [0.25, 0.3) is 0 Å². The molecule has 15 heavy (non-hydrogen) atoms. The van der Waals surface area contributed by atoms with Crippen molar-refractivity contribution < 1.29 is 27.8 Å². The Kier molecular flexibility index (Phi) is 5.13. The van der Waals surface area contributed by atoms with Gasteiger partial charge in [-0.2, -0.15) is 13.2 Å². The highest BCUT2D eigenvalue weighted by Crippen LogP contribution is 2.15. The third-order valence-corrected chi connectivity index (χ3v) is 1.48. The molecule has 2 N–H and O–H groups in total. The lowest BCUT2D eigenvalue weighted by Gasteiger charge is -2.11. The molecule has 0 fully saturated rings. The van der Waals surface area contributed by atoms with E-state index in [4.69, 9.17) is 5.73 Å². The van der Waals surface area contributed by atoms with Gasteiger partial charge in [-0.3, -0.25) is 0 Å². The van der Waals surface area contributed by atoms with E-state index < -0.39 is 18.8 Å². The van der Waals surface area contributed by atoms with Crippen molar-refractivity contribution in [2.24, 2.45) is 5.73 Å². The standard InChI is InChI=1S/C8H12F3NO3/c1-5(12)6(7(13)14)2-3-15-4-8(9,10)11/h2-4,12H2,1H3,(H,13,14)/p-1/b6-5-. The van der Waals surface area contributed by atoms with Crippen molar-refractivity contribution in [3.05, 3.63) is 11.3 Å². The van der Waals surface area contributed by atoms with Gasteiger partial charge in [0.2, 0.25) is 0 Å². The monoisotopic (exact) mass is 226 g/mol. The van der Waals surface area contributed by atoms with Gasteiger partial charge in [-0.25, -0.2) is 0 Å². The number of hydrogen-bond donors (Lipinski definition) is 1. The highest BCUT2D eigenvalue weighted by Gasteiger charge is 2.27. The van der Waals surface area contributed by atoms with Gasteiger partial charge in [0.25, 0.3) is 0 Å². The average molecular weight is 226 g/mol. The van der Waals surface area contributed by atoms with E-state index in [2.05, 4.69) is 4.74 Å². The fourth-order valence-corrected chi connectivity index (χ4v) is 0.822. The van der Waals surface area contributed by atoms with E-state index in [1.54, 1.807) is 0 Å². The molecule has 0 spiro atoms. The number of halogens is 3. The lowest BCUT2D eigenvalue weighted by molar-refractivity contribution is -0.299. The predicted molar refractivity (Wildman–Crippen MR) is 43.4 cm³/mol. The molecule has 0 aliphatic carbocycles. The zero-order valence-corrected chi connectivity index (χ0v) is 8.06. The van der Waals surface area contributed by atoms with Gasteiger partial charge in [0.15, 0.2) is 0 Å². The van der Waals surface area contributed by atoms with Crippen molar-refractivity contribution in [3.8, 4) is 0 Å². The van der Waals surface area contributed by atoms with Crippen LogP contribution in [-0.2, 0) is 9.53 Å². The number of carbonyl (C=O) groups is 1. The molecule has 0 unspecified atom stereocenters. The Morgan fingerprint density at radius 1 is 1.47 bits per heavy atom. The Morgan fingerprint density at radius 3 is 2.33 bits per heavy atom. The fraction of sp³-hybridized carbons (Fsp3) is 0.625. The van der Waals surface area contributed by atoms with Gasteiger partial charge in [-0.05, 0) is 18.9 Å². The number of carboxylic acids is 1. The van der Waals surface area contributed by atoms with Gasteiger partial charge in [0.05, 0.1) is 12.6 Å². The van der Waals surface area contributed by atoms with Crippen molar-refractivity contribution in [2.75, 3.05) is 13.2 Å². The number of alkyl halides is 3. The van der Waals surface area contributed by atoms with Gasteiger partial charge in [0, 0.05) is 5.70 Å². The molecule has 88 valence electrons. The van der Waals surface area contributed by atoms with Crippen molar-refractivity contribution in [1.29, 1.82) is 0 Å². The minimum Gasteiger partial charge on any atom is -0.545 e. The van der Waals surface area contributed by atoms with Crippen LogP contribution in [0.1, 0.15) is 13.3 Å². The van der Waals surface area contributed by atoms with Crippen molar-refractivity contribution in [3.63, 3.8) is 0 Å². The van der Waals surface area contributed by atoms with Crippen LogP contribution in [0.5, 0.6) is 0 Å². The van der Waals surface area contributed by atoms with E-state index in [0.717, 1.165) is 0 Å². The third kappa shape index (κ3) is 6.78. The molecule has 7 heteroatoms. The third-order valence-electron chi connectivity index (χ3n) is 1.48. The smallest absolute Gasteiger partial charge is 0.411 e. The van der Waals surface area contributed by atoms with Crippen molar-refractivity contribution in [2.45, 2.75) is 19.5 Å². The summed E-state index contributed by atoms with van der Waals surface area (Å²) in [6.45, 7) is -0.441. The van der Waals surface area contributed by atoms with E-state index in [-0.39, 0.29) is 24.3 Å². The Morgan fingerprint density at radius 2 is 2.00 bits per heavy atom. The zero-order chi connectivity index (χ0) is 12.1. The van der Waals surface area contributed by atoms with Gasteiger partial charge >= 0.3 is 6.18 Å². The average Bonchev–Trinajstić information content (AvgIpc) is 2.00. The molecule has 4 nitrogen and oxygen atoms in total. The molecule has 0 aliphatic rings. The number of nitrogens with two attached hydrogens (primary N) is 1. The zero-order valence-electron chi connectivity index (χ0n) is 8.06. The van der Waals surface area contributed by atoms with Crippen molar-refractivity contribution >= 4 is 5.97 Å². The largest absolute Gasteiger partial charge is 0.545 e. The lowest BCUT2D eigenvalue weighted by atomic mass is 10.1. The maximum Gasteiger partial charge on any atom is 0.411 e. The summed E-state index contributed by atoms with van der Waals surface area (Å²) in [6.07, 6.45) is -4.62. The highest BCUT2D eigenvalue weighted by molar-refractivity contribution is 5.85. The molecular formula is C8H11F3NO3-. The quantitative estimate of drug-likeness (QED) is 0.526. The molecule has 0 atom stereocenters. The molecule has 0 aromatic heterocycles. The van der Waals surface area contributed by atoms with Crippen LogP contribution >= 0.6 is 0 Å². The maximum atomic E-state index is 11.6. The summed E-state index contributed by atoms with van der Waals surface area (Å²) in [7, 11) is 0. The number of allylic oxidation sites excluding steroid dienone is 1. The van der Waals surface area contributed by atoms with E-state index in [0.29, 0.717) is 0 Å². The van der Waals surface area contributed by atoms with E-state index in [9.17, 15) is 23.1 Å². The number of aliphatic carboxylic acids is 1. The number of carbonyl (C=O) groups excluding carboxylic acids is 1. The molecular weight excluding hydrogens is 215 g/mol. The maximum absolute atomic E-state index is 11.6. The first-order chi connectivity index (χ1) is 6.74. The number of rotatable bonds is 5. The van der Waals surface area contributed by atoms with Crippen LogP contribution in [0, 0.1) is 0 Å². The van der Waals surface area contributed by atoms with Gasteiger partial charge in [-0.1, -0.05) is 0 Å². The molecule has 0 aliphatic heterocycles. The first kappa shape index (κ1) is 13.8. The lowest BCUT2D eigenvalue weighted by Crippen LogP contribution is -2.27. The summed E-state index contributed by atoms with van der Waals surface area (Å²) >= 11 is 0. The van der Waals surface area contributed by atoms with Crippen LogP contribution < -0.4 is 10.8 Å². The molecule has 0 amide bonds. The molecule has 0 heterocycles. The highest BCUT2D eigenvalue weighted by atomic mass is 19.4. The van der Waals surface area contributed by atoms with Crippen molar-refractivity contribution in [1.82, 2.24) is 0 Å². The summed E-state index contributed by atoms with van der Waals surface area (Å²) in [4.78, 5) is 10.4. The second-order valence-electron chi connectivity index (χ2n) is 2.87. The Hall–Kier alpha value is -1.24. The minimum atomic E-state index is -4.41. The summed E-state index contributed by atoms with van der Waals surface area (Å²) in [6, 6.07) is 0. The fourth-order valence-electron chi connectivity index (χ4n) is 0.822. The summed E-state index contributed by atoms with van der Waals surface area (Å²) in [5, 5.41) is 10.4. The second kappa shape index (κ2) is 5.59. The number of ether oxygens (including phenoxy) is 1. The van der Waals surface area contributed by atoms with Crippen LogP contribution in [0.4, 0.5) is 13.2 Å². The first-order valence-electron chi connectivity index (χ1n) is 4.05. The minimum absolute atomic E-state index is 0.00519. The summed E-state index contributed by atoms with van der Waals surface area (Å²) < 4.78 is 39.0. The normalized spacial score (nSPS) is 13.6.